The highest BCUT2D eigenvalue weighted by atomic mass is 32.1. The van der Waals surface area contributed by atoms with Crippen LogP contribution in [0.15, 0.2) is 0 Å². The molecule has 1 saturated carbocycles. The van der Waals surface area contributed by atoms with E-state index >= 15 is 0 Å². The summed E-state index contributed by atoms with van der Waals surface area (Å²) in [7, 11) is 1.79. The Kier molecular flexibility index (Phi) is 4.39. The van der Waals surface area contributed by atoms with Crippen molar-refractivity contribution in [3.05, 3.63) is 16.0 Å². The summed E-state index contributed by atoms with van der Waals surface area (Å²) in [6, 6.07) is 0. The van der Waals surface area contributed by atoms with Crippen LogP contribution in [-0.2, 0) is 4.79 Å². The van der Waals surface area contributed by atoms with E-state index in [9.17, 15) is 9.59 Å². The third-order valence-electron chi connectivity index (χ3n) is 5.94. The van der Waals surface area contributed by atoms with Gasteiger partial charge >= 0.3 is 0 Å². The summed E-state index contributed by atoms with van der Waals surface area (Å²) in [5.74, 6) is -0.0296. The van der Waals surface area contributed by atoms with Crippen LogP contribution >= 0.6 is 11.3 Å². The largest absolute Gasteiger partial charge is 0.342 e. The lowest BCUT2D eigenvalue weighted by atomic mass is 10.0. The maximum absolute atomic E-state index is 12.7. The Hall–Kier alpha value is -1.36. The average molecular weight is 337 g/mol. The van der Waals surface area contributed by atoms with E-state index in [1.54, 1.807) is 11.9 Å². The Morgan fingerprint density at radius 2 is 1.70 bits per heavy atom. The zero-order chi connectivity index (χ0) is 17.7. The fourth-order valence-corrected chi connectivity index (χ4v) is 4.40. The molecule has 1 N–H and O–H groups in total. The van der Waals surface area contributed by atoms with Gasteiger partial charge < -0.3 is 10.2 Å². The molecule has 23 heavy (non-hydrogen) atoms. The van der Waals surface area contributed by atoms with E-state index in [0.717, 1.165) is 10.4 Å². The molecule has 1 aliphatic rings. The van der Waals surface area contributed by atoms with Gasteiger partial charge in [-0.3, -0.25) is 9.59 Å². The minimum absolute atomic E-state index is 0.0111. The van der Waals surface area contributed by atoms with Crippen molar-refractivity contribution >= 4 is 28.2 Å². The number of anilines is 1. The number of carbonyl (C=O) groups is 2. The standard InChI is InChI=1S/C18H28N2O2S/c1-9-20(8)16(22)12-10(2)11(3)23-15(12)19-14(21)13-17(4,5)18(13,6)7/h13H,9H2,1-8H3,(H,19,21). The predicted octanol–water partition coefficient (Wildman–Crippen LogP) is 4.08. The van der Waals surface area contributed by atoms with Crippen LogP contribution in [0.1, 0.15) is 55.4 Å². The quantitative estimate of drug-likeness (QED) is 0.901. The van der Waals surface area contributed by atoms with Crippen LogP contribution in [0.5, 0.6) is 0 Å². The Labute approximate surface area is 143 Å². The molecular weight excluding hydrogens is 308 g/mol. The number of hydrogen-bond donors (Lipinski definition) is 1. The molecule has 128 valence electrons. The van der Waals surface area contributed by atoms with E-state index in [-0.39, 0.29) is 28.6 Å². The molecule has 2 rings (SSSR count). The van der Waals surface area contributed by atoms with Gasteiger partial charge in [0, 0.05) is 24.4 Å². The van der Waals surface area contributed by atoms with Gasteiger partial charge in [-0.05, 0) is 37.2 Å². The molecule has 0 bridgehead atoms. The molecule has 5 heteroatoms. The van der Waals surface area contributed by atoms with Gasteiger partial charge in [0.2, 0.25) is 5.91 Å². The summed E-state index contributed by atoms with van der Waals surface area (Å²) in [5.41, 5.74) is 1.58. The molecule has 0 radical (unpaired) electrons. The lowest BCUT2D eigenvalue weighted by molar-refractivity contribution is -0.118. The van der Waals surface area contributed by atoms with E-state index in [1.165, 1.54) is 11.3 Å². The number of thiophene rings is 1. The van der Waals surface area contributed by atoms with Gasteiger partial charge in [-0.15, -0.1) is 11.3 Å². The summed E-state index contributed by atoms with van der Waals surface area (Å²) in [6.07, 6.45) is 0. The second kappa shape index (κ2) is 5.62. The fraction of sp³-hybridized carbons (Fsp3) is 0.667. The van der Waals surface area contributed by atoms with Crippen LogP contribution in [0.3, 0.4) is 0 Å². The molecule has 1 heterocycles. The second-order valence-electron chi connectivity index (χ2n) is 7.67. The van der Waals surface area contributed by atoms with Crippen molar-refractivity contribution in [1.29, 1.82) is 0 Å². The van der Waals surface area contributed by atoms with Crippen molar-refractivity contribution in [3.8, 4) is 0 Å². The number of carbonyl (C=O) groups excluding carboxylic acids is 2. The van der Waals surface area contributed by atoms with Gasteiger partial charge in [0.25, 0.3) is 5.91 Å². The SMILES string of the molecule is CCN(C)C(=O)c1c(NC(=O)C2C(C)(C)C2(C)C)sc(C)c1C. The summed E-state index contributed by atoms with van der Waals surface area (Å²) >= 11 is 1.49. The number of nitrogens with one attached hydrogen (secondary N) is 1. The summed E-state index contributed by atoms with van der Waals surface area (Å²) in [6.45, 7) is 15.0. The Balaban J connectivity index is 2.30. The van der Waals surface area contributed by atoms with E-state index in [0.29, 0.717) is 17.1 Å². The maximum atomic E-state index is 12.7. The lowest BCUT2D eigenvalue weighted by Gasteiger charge is -2.16. The van der Waals surface area contributed by atoms with Crippen LogP contribution < -0.4 is 5.32 Å². The predicted molar refractivity (Wildman–Crippen MR) is 96.1 cm³/mol. The van der Waals surface area contributed by atoms with Crippen molar-refractivity contribution in [1.82, 2.24) is 4.90 Å². The van der Waals surface area contributed by atoms with Crippen LogP contribution in [-0.4, -0.2) is 30.3 Å². The summed E-state index contributed by atoms with van der Waals surface area (Å²) in [4.78, 5) is 28.1. The minimum Gasteiger partial charge on any atom is -0.342 e. The van der Waals surface area contributed by atoms with Gasteiger partial charge in [-0.2, -0.15) is 0 Å². The van der Waals surface area contributed by atoms with E-state index in [4.69, 9.17) is 0 Å². The van der Waals surface area contributed by atoms with Gasteiger partial charge in [0.15, 0.2) is 0 Å². The van der Waals surface area contributed by atoms with Gasteiger partial charge in [0.05, 0.1) is 5.56 Å². The molecule has 0 atom stereocenters. The Morgan fingerprint density at radius 1 is 1.17 bits per heavy atom. The second-order valence-corrected chi connectivity index (χ2v) is 8.90. The third kappa shape index (κ3) is 2.69. The van der Waals surface area contributed by atoms with Gasteiger partial charge in [0.1, 0.15) is 5.00 Å². The average Bonchev–Trinajstić information content (AvgIpc) is 2.69. The van der Waals surface area contributed by atoms with Crippen molar-refractivity contribution < 1.29 is 9.59 Å². The first kappa shape index (κ1) is 18.0. The van der Waals surface area contributed by atoms with Crippen molar-refractivity contribution in [2.24, 2.45) is 16.7 Å². The van der Waals surface area contributed by atoms with Crippen molar-refractivity contribution in [2.75, 3.05) is 18.9 Å². The summed E-state index contributed by atoms with van der Waals surface area (Å²) in [5, 5.41) is 3.73. The molecule has 4 nitrogen and oxygen atoms in total. The zero-order valence-corrected chi connectivity index (χ0v) is 16.3. The molecule has 0 aromatic carbocycles. The number of rotatable bonds is 4. The lowest BCUT2D eigenvalue weighted by Crippen LogP contribution is -2.28. The fourth-order valence-electron chi connectivity index (χ4n) is 3.34. The van der Waals surface area contributed by atoms with Crippen LogP contribution in [0.4, 0.5) is 5.00 Å². The number of amides is 2. The van der Waals surface area contributed by atoms with E-state index in [2.05, 4.69) is 33.0 Å². The molecule has 1 fully saturated rings. The van der Waals surface area contributed by atoms with E-state index in [1.807, 2.05) is 20.8 Å². The number of nitrogens with zero attached hydrogens (tertiary/aromatic N) is 1. The van der Waals surface area contributed by atoms with Crippen LogP contribution in [0, 0.1) is 30.6 Å². The van der Waals surface area contributed by atoms with E-state index < -0.39 is 0 Å². The molecular formula is C18H28N2O2S. The van der Waals surface area contributed by atoms with Gasteiger partial charge in [-0.25, -0.2) is 0 Å². The highest BCUT2D eigenvalue weighted by Gasteiger charge is 2.68. The minimum atomic E-state index is -0.0287. The molecule has 0 spiro atoms. The molecule has 1 aromatic heterocycles. The molecule has 0 saturated heterocycles. The molecule has 2 amide bonds. The molecule has 1 aromatic rings. The highest BCUT2D eigenvalue weighted by Crippen LogP contribution is 2.68. The Morgan fingerprint density at radius 3 is 2.13 bits per heavy atom. The van der Waals surface area contributed by atoms with Gasteiger partial charge in [-0.1, -0.05) is 27.7 Å². The molecule has 0 aliphatic heterocycles. The maximum Gasteiger partial charge on any atom is 0.256 e. The van der Waals surface area contributed by atoms with Crippen molar-refractivity contribution in [2.45, 2.75) is 48.5 Å². The number of aryl methyl sites for hydroxylation is 1. The third-order valence-corrected chi connectivity index (χ3v) is 7.06. The topological polar surface area (TPSA) is 49.4 Å². The summed E-state index contributed by atoms with van der Waals surface area (Å²) < 4.78 is 0. The zero-order valence-electron chi connectivity index (χ0n) is 15.5. The van der Waals surface area contributed by atoms with Crippen LogP contribution in [0.2, 0.25) is 0 Å². The molecule has 1 aliphatic carbocycles. The smallest absolute Gasteiger partial charge is 0.256 e. The van der Waals surface area contributed by atoms with Crippen molar-refractivity contribution in [3.63, 3.8) is 0 Å². The number of hydrogen-bond acceptors (Lipinski definition) is 3. The first-order valence-corrected chi connectivity index (χ1v) is 8.94. The first-order valence-electron chi connectivity index (χ1n) is 8.13. The Bertz CT molecular complexity index is 644. The normalized spacial score (nSPS) is 18.6. The highest BCUT2D eigenvalue weighted by molar-refractivity contribution is 7.16. The monoisotopic (exact) mass is 336 g/mol. The first-order chi connectivity index (χ1) is 10.5. The van der Waals surface area contributed by atoms with Crippen LogP contribution in [0.25, 0.3) is 0 Å². The molecule has 0 unspecified atom stereocenters.